The van der Waals surface area contributed by atoms with Gasteiger partial charge in [0.05, 0.1) is 21.4 Å². The quantitative estimate of drug-likeness (QED) is 0.179. The van der Waals surface area contributed by atoms with Gasteiger partial charge in [0, 0.05) is 49.1 Å². The summed E-state index contributed by atoms with van der Waals surface area (Å²) in [4.78, 5) is 20.3. The summed E-state index contributed by atoms with van der Waals surface area (Å²) >= 11 is 1.83. The Morgan fingerprint density at radius 3 is 1.69 bits per heavy atom. The molecule has 6 heteroatoms. The molecule has 0 aliphatic heterocycles. The fraction of sp³-hybridized carbons (Fsp3) is 0. The highest BCUT2D eigenvalue weighted by Crippen LogP contribution is 2.48. The molecule has 0 saturated heterocycles. The molecular formula is C48H29N5S. The summed E-state index contributed by atoms with van der Waals surface area (Å²) < 4.78 is 4.71. The molecule has 11 aromatic rings. The van der Waals surface area contributed by atoms with Crippen molar-refractivity contribution in [3.63, 3.8) is 0 Å². The number of hydrogen-bond acceptors (Lipinski definition) is 5. The molecule has 4 heterocycles. The summed E-state index contributed by atoms with van der Waals surface area (Å²) in [7, 11) is 0. The van der Waals surface area contributed by atoms with Crippen LogP contribution in [-0.2, 0) is 0 Å². The van der Waals surface area contributed by atoms with E-state index < -0.39 is 0 Å². The summed E-state index contributed by atoms with van der Waals surface area (Å²) in [5.41, 5.74) is 8.36. The largest absolute Gasteiger partial charge is 0.276 e. The normalized spacial score (nSPS) is 11.7. The molecule has 4 aromatic heterocycles. The molecule has 0 fully saturated rings. The average Bonchev–Trinajstić information content (AvgIpc) is 3.81. The van der Waals surface area contributed by atoms with Gasteiger partial charge in [-0.3, -0.25) is 9.55 Å². The minimum Gasteiger partial charge on any atom is -0.276 e. The Kier molecular flexibility index (Phi) is 6.97. The lowest BCUT2D eigenvalue weighted by Crippen LogP contribution is -2.06. The van der Waals surface area contributed by atoms with Gasteiger partial charge in [-0.15, -0.1) is 11.3 Å². The first-order valence-electron chi connectivity index (χ1n) is 18.0. The monoisotopic (exact) mass is 707 g/mol. The summed E-state index contributed by atoms with van der Waals surface area (Å²) in [6.45, 7) is 0. The van der Waals surface area contributed by atoms with E-state index in [4.69, 9.17) is 19.9 Å². The number of fused-ring (bicyclic) bond motifs is 10. The van der Waals surface area contributed by atoms with Gasteiger partial charge >= 0.3 is 0 Å². The number of thiophene rings is 1. The van der Waals surface area contributed by atoms with Crippen LogP contribution in [-0.4, -0.2) is 24.5 Å². The van der Waals surface area contributed by atoms with E-state index in [1.165, 1.54) is 47.5 Å². The molecule has 0 spiro atoms. The van der Waals surface area contributed by atoms with E-state index in [9.17, 15) is 0 Å². The Labute approximate surface area is 314 Å². The highest BCUT2D eigenvalue weighted by atomic mass is 32.1. The molecule has 0 aliphatic carbocycles. The lowest BCUT2D eigenvalue weighted by molar-refractivity contribution is 0.955. The standard InChI is InChI=1S/C48H29N5S/c1-4-14-30(15-5-1)33-24-26-41-38(28-33)43-36-21-11-10-20-35(36)42-37-29-34(39-22-12-13-27-49-39)23-25-40(37)53(44(42)45(43)54-41)48-51-46(31-16-6-2-7-17-31)50-47(52-48)32-18-8-3-9-19-32/h1-29H. The second-order valence-electron chi connectivity index (χ2n) is 13.4. The van der Waals surface area contributed by atoms with Crippen molar-refractivity contribution in [3.05, 3.63) is 176 Å². The van der Waals surface area contributed by atoms with E-state index in [1.807, 2.05) is 66.1 Å². The van der Waals surface area contributed by atoms with Crippen molar-refractivity contribution in [1.82, 2.24) is 24.5 Å². The van der Waals surface area contributed by atoms with Gasteiger partial charge < -0.3 is 0 Å². The summed E-state index contributed by atoms with van der Waals surface area (Å²) in [5, 5.41) is 7.19. The number of hydrogen-bond donors (Lipinski definition) is 0. The third kappa shape index (κ3) is 4.85. The van der Waals surface area contributed by atoms with Crippen LogP contribution in [0.1, 0.15) is 0 Å². The lowest BCUT2D eigenvalue weighted by atomic mass is 9.97. The van der Waals surface area contributed by atoms with Crippen LogP contribution in [0.15, 0.2) is 176 Å². The van der Waals surface area contributed by atoms with Crippen molar-refractivity contribution < 1.29 is 0 Å². The van der Waals surface area contributed by atoms with Gasteiger partial charge in [-0.25, -0.2) is 4.98 Å². The average molecular weight is 708 g/mol. The molecule has 0 amide bonds. The molecule has 0 saturated carbocycles. The van der Waals surface area contributed by atoms with Gasteiger partial charge in [-0.1, -0.05) is 133 Å². The molecule has 0 N–H and O–H groups in total. The SMILES string of the molecule is c1ccc(-c2ccc3sc4c(c3c2)c2ccccc2c2c3cc(-c5ccccn5)ccc3n(-c3nc(-c5ccccc5)nc(-c5ccccc5)n3)c42)cc1. The van der Waals surface area contributed by atoms with Crippen LogP contribution in [0.4, 0.5) is 0 Å². The zero-order valence-corrected chi connectivity index (χ0v) is 29.7. The lowest BCUT2D eigenvalue weighted by Gasteiger charge is -2.12. The van der Waals surface area contributed by atoms with E-state index in [-0.39, 0.29) is 0 Å². The van der Waals surface area contributed by atoms with Crippen molar-refractivity contribution in [2.24, 2.45) is 0 Å². The van der Waals surface area contributed by atoms with Gasteiger partial charge in [-0.2, -0.15) is 9.97 Å². The van der Waals surface area contributed by atoms with E-state index in [0.29, 0.717) is 17.6 Å². The highest BCUT2D eigenvalue weighted by Gasteiger charge is 2.24. The van der Waals surface area contributed by atoms with E-state index in [0.717, 1.165) is 38.8 Å². The number of rotatable bonds is 5. The number of pyridine rings is 1. The Balaban J connectivity index is 1.32. The first-order valence-corrected chi connectivity index (χ1v) is 18.8. The van der Waals surface area contributed by atoms with Gasteiger partial charge in [0.25, 0.3) is 0 Å². The van der Waals surface area contributed by atoms with E-state index >= 15 is 0 Å². The maximum Gasteiger partial charge on any atom is 0.238 e. The van der Waals surface area contributed by atoms with Crippen LogP contribution < -0.4 is 0 Å². The Morgan fingerprint density at radius 2 is 1.02 bits per heavy atom. The van der Waals surface area contributed by atoms with Crippen molar-refractivity contribution in [3.8, 4) is 51.1 Å². The third-order valence-corrected chi connectivity index (χ3v) is 11.5. The molecule has 0 radical (unpaired) electrons. The van der Waals surface area contributed by atoms with Crippen molar-refractivity contribution in [2.75, 3.05) is 0 Å². The van der Waals surface area contributed by atoms with Crippen LogP contribution in [0.5, 0.6) is 0 Å². The maximum absolute atomic E-state index is 5.28. The zero-order chi connectivity index (χ0) is 35.6. The van der Waals surface area contributed by atoms with Crippen LogP contribution >= 0.6 is 11.3 Å². The second-order valence-corrected chi connectivity index (χ2v) is 14.5. The molecule has 11 rings (SSSR count). The minimum absolute atomic E-state index is 0.576. The minimum atomic E-state index is 0.576. The molecule has 0 atom stereocenters. The third-order valence-electron chi connectivity index (χ3n) is 10.3. The maximum atomic E-state index is 5.28. The first kappa shape index (κ1) is 30.6. The second kappa shape index (κ2) is 12.3. The van der Waals surface area contributed by atoms with Crippen LogP contribution in [0.2, 0.25) is 0 Å². The fourth-order valence-electron chi connectivity index (χ4n) is 7.84. The first-order chi connectivity index (χ1) is 26.8. The summed E-state index contributed by atoms with van der Waals surface area (Å²) in [6, 6.07) is 59.4. The molecule has 0 unspecified atom stereocenters. The number of nitrogens with zero attached hydrogens (tertiary/aromatic N) is 5. The van der Waals surface area contributed by atoms with Crippen molar-refractivity contribution in [2.45, 2.75) is 0 Å². The Hall–Kier alpha value is -7.02. The fourth-order valence-corrected chi connectivity index (χ4v) is 9.08. The molecular weight excluding hydrogens is 679 g/mol. The predicted octanol–water partition coefficient (Wildman–Crippen LogP) is 12.6. The van der Waals surface area contributed by atoms with Gasteiger partial charge in [0.1, 0.15) is 0 Å². The predicted molar refractivity (Wildman–Crippen MR) is 224 cm³/mol. The molecule has 0 aliphatic rings. The zero-order valence-electron chi connectivity index (χ0n) is 28.9. The number of aromatic nitrogens is 5. The molecule has 54 heavy (non-hydrogen) atoms. The topological polar surface area (TPSA) is 56.5 Å². The summed E-state index contributed by atoms with van der Waals surface area (Å²) in [5.74, 6) is 1.83. The van der Waals surface area contributed by atoms with Gasteiger partial charge in [0.2, 0.25) is 5.95 Å². The van der Waals surface area contributed by atoms with Crippen LogP contribution in [0.3, 0.4) is 0 Å². The molecule has 5 nitrogen and oxygen atoms in total. The Bertz CT molecular complexity index is 3130. The van der Waals surface area contributed by atoms with Gasteiger partial charge in [-0.05, 0) is 58.3 Å². The van der Waals surface area contributed by atoms with Crippen molar-refractivity contribution >= 4 is 64.1 Å². The van der Waals surface area contributed by atoms with Crippen LogP contribution in [0.25, 0.3) is 104 Å². The smallest absolute Gasteiger partial charge is 0.238 e. The van der Waals surface area contributed by atoms with E-state index in [1.54, 1.807) is 0 Å². The van der Waals surface area contributed by atoms with Crippen LogP contribution in [0, 0.1) is 0 Å². The Morgan fingerprint density at radius 1 is 0.426 bits per heavy atom. The molecule has 7 aromatic carbocycles. The number of benzene rings is 7. The molecule has 252 valence electrons. The summed E-state index contributed by atoms with van der Waals surface area (Å²) in [6.07, 6.45) is 1.85. The van der Waals surface area contributed by atoms with Gasteiger partial charge in [0.15, 0.2) is 11.6 Å². The van der Waals surface area contributed by atoms with Crippen molar-refractivity contribution in [1.29, 1.82) is 0 Å². The molecule has 0 bridgehead atoms. The highest BCUT2D eigenvalue weighted by molar-refractivity contribution is 7.27. The van der Waals surface area contributed by atoms with E-state index in [2.05, 4.69) is 126 Å².